The summed E-state index contributed by atoms with van der Waals surface area (Å²) in [7, 11) is 0. The Morgan fingerprint density at radius 3 is 2.58 bits per heavy atom. The maximum atomic E-state index is 13.5. The van der Waals surface area contributed by atoms with Gasteiger partial charge in [0, 0.05) is 10.6 Å². The number of aromatic hydroxyl groups is 1. The molecule has 2 aromatic rings. The van der Waals surface area contributed by atoms with Gasteiger partial charge in [0.1, 0.15) is 30.7 Å². The zero-order valence-corrected chi connectivity index (χ0v) is 18.7. The zero-order chi connectivity index (χ0) is 24.0. The molecule has 3 rings (SSSR count). The number of aliphatic carboxylic acids is 1. The topological polar surface area (TPSA) is 154 Å². The Hall–Kier alpha value is -3.28. The van der Waals surface area contributed by atoms with Crippen molar-refractivity contribution in [3.63, 3.8) is 0 Å². The number of carboxylic acid groups (broad SMARTS) is 1. The number of amides is 2. The summed E-state index contributed by atoms with van der Waals surface area (Å²) in [5.41, 5.74) is 6.60. The van der Waals surface area contributed by atoms with Gasteiger partial charge in [-0.3, -0.25) is 9.59 Å². The molecule has 0 aromatic heterocycles. The highest BCUT2D eigenvalue weighted by atomic mass is 32.2. The number of hydrogen-bond donors (Lipinski definition) is 5. The minimum atomic E-state index is -1.15. The number of benzene rings is 2. The third-order valence-corrected chi connectivity index (χ3v) is 6.20. The van der Waals surface area contributed by atoms with E-state index in [2.05, 4.69) is 10.6 Å². The van der Waals surface area contributed by atoms with Crippen molar-refractivity contribution >= 4 is 35.4 Å². The Kier molecular flexibility index (Phi) is 8.15. The lowest BCUT2D eigenvalue weighted by Crippen LogP contribution is -2.49. The highest BCUT2D eigenvalue weighted by Crippen LogP contribution is 2.40. The van der Waals surface area contributed by atoms with E-state index >= 15 is 0 Å². The van der Waals surface area contributed by atoms with Gasteiger partial charge in [-0.15, -0.1) is 0 Å². The van der Waals surface area contributed by atoms with Gasteiger partial charge in [-0.25, -0.2) is 9.10 Å². The van der Waals surface area contributed by atoms with E-state index < -0.39 is 36.1 Å². The van der Waals surface area contributed by atoms with Crippen molar-refractivity contribution in [3.8, 4) is 5.75 Å². The maximum absolute atomic E-state index is 13.5. The molecule has 0 saturated heterocycles. The summed E-state index contributed by atoms with van der Waals surface area (Å²) in [5, 5.41) is 25.0. The molecule has 0 fully saturated rings. The van der Waals surface area contributed by atoms with Crippen LogP contribution >= 0.6 is 11.9 Å². The summed E-state index contributed by atoms with van der Waals surface area (Å²) >= 11 is 1.24. The van der Waals surface area contributed by atoms with Crippen LogP contribution in [0.1, 0.15) is 24.9 Å². The van der Waals surface area contributed by atoms with Gasteiger partial charge in [0.2, 0.25) is 11.8 Å². The van der Waals surface area contributed by atoms with E-state index in [0.717, 1.165) is 10.6 Å². The minimum Gasteiger partial charge on any atom is -0.508 e. The molecular formula is C22H26N4O6S. The highest BCUT2D eigenvalue weighted by Gasteiger charge is 2.38. The fourth-order valence-corrected chi connectivity index (χ4v) is 4.52. The molecule has 2 aromatic carbocycles. The third-order valence-electron chi connectivity index (χ3n) is 4.99. The number of anilines is 1. The van der Waals surface area contributed by atoms with Gasteiger partial charge in [0.05, 0.1) is 6.54 Å². The molecule has 6 N–H and O–H groups in total. The number of para-hydroxylation sites is 1. The van der Waals surface area contributed by atoms with Crippen LogP contribution in [0.4, 0.5) is 5.69 Å². The van der Waals surface area contributed by atoms with E-state index in [1.807, 2.05) is 24.3 Å². The molecule has 0 radical (unpaired) electrons. The van der Waals surface area contributed by atoms with Crippen molar-refractivity contribution < 1.29 is 29.3 Å². The Morgan fingerprint density at radius 1 is 1.24 bits per heavy atom. The van der Waals surface area contributed by atoms with Gasteiger partial charge < -0.3 is 31.3 Å². The van der Waals surface area contributed by atoms with Crippen LogP contribution in [-0.2, 0) is 19.1 Å². The van der Waals surface area contributed by atoms with Crippen LogP contribution in [0.15, 0.2) is 53.4 Å². The number of carbonyl (C=O) groups excluding carboxylic acids is 2. The van der Waals surface area contributed by atoms with Gasteiger partial charge >= 0.3 is 5.97 Å². The fraction of sp³-hybridized carbons (Fsp3) is 0.318. The van der Waals surface area contributed by atoms with Crippen molar-refractivity contribution in [3.05, 3.63) is 54.1 Å². The van der Waals surface area contributed by atoms with Crippen molar-refractivity contribution in [2.24, 2.45) is 5.73 Å². The molecule has 11 heteroatoms. The molecule has 1 heterocycles. The molecule has 10 nitrogen and oxygen atoms in total. The summed E-state index contributed by atoms with van der Waals surface area (Å²) in [5.74, 6) is -2.35. The van der Waals surface area contributed by atoms with E-state index in [4.69, 9.17) is 10.5 Å². The molecule has 1 aliphatic heterocycles. The van der Waals surface area contributed by atoms with Crippen LogP contribution in [0.25, 0.3) is 0 Å². The molecule has 3 atom stereocenters. The number of fused-ring (bicyclic) bond motifs is 1. The van der Waals surface area contributed by atoms with E-state index in [9.17, 15) is 24.6 Å². The standard InChI is InChI=1S/C22H26N4O6S/c1-2-15(22(30)31)25-21(29)20(13-7-9-14(27)10-8-13)26-19(32-12-18(23)28)11-24-16-5-3-4-6-17(16)33-26/h3-10,15,19-20,24,27H,2,11-12H2,1H3,(H2,23,28)(H,25,29)(H,30,31)/t15-,19?,20+/m0/s1. The number of rotatable bonds is 9. The number of phenolic OH excluding ortho intramolecular Hbond substituents is 1. The summed E-state index contributed by atoms with van der Waals surface area (Å²) in [4.78, 5) is 37.2. The number of ether oxygens (including phenoxy) is 1. The largest absolute Gasteiger partial charge is 0.508 e. The Bertz CT molecular complexity index is 1000. The Balaban J connectivity index is 2.04. The van der Waals surface area contributed by atoms with Crippen LogP contribution in [0.3, 0.4) is 0 Å². The number of phenols is 1. The molecule has 2 amide bonds. The number of carbonyl (C=O) groups is 3. The SMILES string of the molecule is CC[C@H](NC(=O)[C@@H](c1ccc(O)cc1)N1Sc2ccccc2NCC1OCC(N)=O)C(=O)O. The molecular weight excluding hydrogens is 448 g/mol. The van der Waals surface area contributed by atoms with Crippen molar-refractivity contribution in [1.29, 1.82) is 0 Å². The first-order chi connectivity index (χ1) is 15.8. The summed E-state index contributed by atoms with van der Waals surface area (Å²) in [6.45, 7) is 1.53. The lowest BCUT2D eigenvalue weighted by Gasteiger charge is -2.35. The number of hydrogen-bond acceptors (Lipinski definition) is 8. The van der Waals surface area contributed by atoms with Crippen LogP contribution in [0.2, 0.25) is 0 Å². The second kappa shape index (κ2) is 11.0. The first kappa shape index (κ1) is 24.4. The number of nitrogens with two attached hydrogens (primary N) is 1. The molecule has 1 unspecified atom stereocenters. The van der Waals surface area contributed by atoms with E-state index in [-0.39, 0.29) is 25.3 Å². The van der Waals surface area contributed by atoms with Crippen molar-refractivity contribution in [2.75, 3.05) is 18.5 Å². The predicted octanol–water partition coefficient (Wildman–Crippen LogP) is 1.68. The molecule has 0 saturated carbocycles. The summed E-state index contributed by atoms with van der Waals surface area (Å²) in [6, 6.07) is 11.4. The summed E-state index contributed by atoms with van der Waals surface area (Å²) in [6.07, 6.45) is -0.577. The molecule has 0 bridgehead atoms. The fourth-order valence-electron chi connectivity index (χ4n) is 3.34. The quantitative estimate of drug-likeness (QED) is 0.341. The normalized spacial score (nSPS) is 17.7. The minimum absolute atomic E-state index is 0.0203. The second-order valence-corrected chi connectivity index (χ2v) is 8.41. The zero-order valence-electron chi connectivity index (χ0n) is 17.9. The van der Waals surface area contributed by atoms with E-state index in [1.165, 1.54) is 24.1 Å². The lowest BCUT2D eigenvalue weighted by molar-refractivity contribution is -0.143. The molecule has 33 heavy (non-hydrogen) atoms. The summed E-state index contributed by atoms with van der Waals surface area (Å²) < 4.78 is 7.41. The van der Waals surface area contributed by atoms with Crippen LogP contribution in [0, 0.1) is 0 Å². The Morgan fingerprint density at radius 2 is 1.94 bits per heavy atom. The lowest BCUT2D eigenvalue weighted by atomic mass is 10.0. The molecule has 176 valence electrons. The monoisotopic (exact) mass is 474 g/mol. The van der Waals surface area contributed by atoms with Crippen LogP contribution in [0.5, 0.6) is 5.75 Å². The molecule has 0 aliphatic carbocycles. The highest BCUT2D eigenvalue weighted by molar-refractivity contribution is 7.97. The van der Waals surface area contributed by atoms with Crippen molar-refractivity contribution in [1.82, 2.24) is 9.62 Å². The first-order valence-electron chi connectivity index (χ1n) is 10.3. The molecule has 1 aliphatic rings. The van der Waals surface area contributed by atoms with Gasteiger partial charge in [-0.05, 0) is 48.2 Å². The predicted molar refractivity (Wildman–Crippen MR) is 122 cm³/mol. The van der Waals surface area contributed by atoms with Gasteiger partial charge in [0.15, 0.2) is 0 Å². The Labute approximate surface area is 195 Å². The van der Waals surface area contributed by atoms with Gasteiger partial charge in [-0.1, -0.05) is 31.2 Å². The second-order valence-electron chi connectivity index (χ2n) is 7.36. The number of nitrogens with one attached hydrogen (secondary N) is 2. The first-order valence-corrected chi connectivity index (χ1v) is 11.1. The van der Waals surface area contributed by atoms with Gasteiger partial charge in [-0.2, -0.15) is 0 Å². The average Bonchev–Trinajstić information content (AvgIpc) is 2.96. The van der Waals surface area contributed by atoms with E-state index in [0.29, 0.717) is 5.56 Å². The van der Waals surface area contributed by atoms with Crippen LogP contribution in [-0.4, -0.2) is 57.7 Å². The number of carboxylic acids is 1. The number of primary amides is 1. The van der Waals surface area contributed by atoms with Gasteiger partial charge in [0.25, 0.3) is 0 Å². The van der Waals surface area contributed by atoms with Crippen LogP contribution < -0.4 is 16.4 Å². The third kappa shape index (κ3) is 6.15. The smallest absolute Gasteiger partial charge is 0.326 e. The van der Waals surface area contributed by atoms with Crippen molar-refractivity contribution in [2.45, 2.75) is 36.6 Å². The van der Waals surface area contributed by atoms with E-state index in [1.54, 1.807) is 23.4 Å². The maximum Gasteiger partial charge on any atom is 0.326 e. The number of nitrogens with zero attached hydrogens (tertiary/aromatic N) is 1. The average molecular weight is 475 g/mol. The molecule has 0 spiro atoms.